The van der Waals surface area contributed by atoms with Crippen molar-refractivity contribution in [2.75, 3.05) is 13.1 Å². The molecule has 0 aromatic rings. The Bertz CT molecular complexity index is 586. The van der Waals surface area contributed by atoms with E-state index in [0.717, 1.165) is 0 Å². The van der Waals surface area contributed by atoms with Gasteiger partial charge in [0.1, 0.15) is 6.17 Å². The first-order valence-corrected chi connectivity index (χ1v) is 21.5. The molecule has 1 aliphatic heterocycles. The van der Waals surface area contributed by atoms with Crippen molar-refractivity contribution in [3.8, 4) is 0 Å². The molecular weight excluding hydrogens is 544 g/mol. The van der Waals surface area contributed by atoms with Crippen LogP contribution in [0.4, 0.5) is 0 Å². The van der Waals surface area contributed by atoms with Gasteiger partial charge in [-0.1, -0.05) is 220 Å². The van der Waals surface area contributed by atoms with Crippen LogP contribution in [-0.4, -0.2) is 29.1 Å². The number of nitrogens with zero attached hydrogens (tertiary/aromatic N) is 2. The van der Waals surface area contributed by atoms with Crippen molar-refractivity contribution < 1.29 is 0 Å². The van der Waals surface area contributed by atoms with Gasteiger partial charge in [0.05, 0.1) is 0 Å². The Kier molecular flexibility index (Phi) is 32.6. The molecule has 1 rings (SSSR count). The van der Waals surface area contributed by atoms with Crippen LogP contribution in [-0.2, 0) is 0 Å². The van der Waals surface area contributed by atoms with E-state index in [1.165, 1.54) is 238 Å². The predicted molar refractivity (Wildman–Crippen MR) is 205 cm³/mol. The molecule has 1 unspecified atom stereocenters. The van der Waals surface area contributed by atoms with Gasteiger partial charge in [-0.2, -0.15) is 0 Å². The van der Waals surface area contributed by atoms with Gasteiger partial charge < -0.3 is 9.80 Å². The van der Waals surface area contributed by atoms with Crippen molar-refractivity contribution in [1.29, 1.82) is 0 Å². The molecule has 45 heavy (non-hydrogen) atoms. The van der Waals surface area contributed by atoms with Gasteiger partial charge in [-0.15, -0.1) is 0 Å². The summed E-state index contributed by atoms with van der Waals surface area (Å²) in [4.78, 5) is 5.45. The number of rotatable bonds is 37. The van der Waals surface area contributed by atoms with Gasteiger partial charge in [-0.25, -0.2) is 0 Å². The molecule has 0 aromatic carbocycles. The van der Waals surface area contributed by atoms with Crippen LogP contribution >= 0.6 is 0 Å². The second kappa shape index (κ2) is 34.7. The first kappa shape index (κ1) is 42.4. The van der Waals surface area contributed by atoms with Crippen LogP contribution in [0.25, 0.3) is 0 Å². The van der Waals surface area contributed by atoms with Gasteiger partial charge >= 0.3 is 0 Å². The van der Waals surface area contributed by atoms with E-state index >= 15 is 0 Å². The second-order valence-corrected chi connectivity index (χ2v) is 15.0. The van der Waals surface area contributed by atoms with Crippen LogP contribution in [0.3, 0.4) is 0 Å². The summed E-state index contributed by atoms with van der Waals surface area (Å²) in [6, 6.07) is 0. The summed E-state index contributed by atoms with van der Waals surface area (Å²) < 4.78 is 0. The summed E-state index contributed by atoms with van der Waals surface area (Å²) in [5.41, 5.74) is 0. The molecule has 0 N–H and O–H groups in total. The highest BCUT2D eigenvalue weighted by Crippen LogP contribution is 2.24. The van der Waals surface area contributed by atoms with Crippen LogP contribution < -0.4 is 0 Å². The van der Waals surface area contributed by atoms with Crippen LogP contribution in [0, 0.1) is 0 Å². The van der Waals surface area contributed by atoms with Crippen molar-refractivity contribution in [2.24, 2.45) is 0 Å². The summed E-state index contributed by atoms with van der Waals surface area (Å²) in [6.45, 7) is 9.49. The quantitative estimate of drug-likeness (QED) is 0.0630. The van der Waals surface area contributed by atoms with Crippen molar-refractivity contribution >= 4 is 0 Å². The Balaban J connectivity index is 2.22. The summed E-state index contributed by atoms with van der Waals surface area (Å²) >= 11 is 0. The van der Waals surface area contributed by atoms with Crippen molar-refractivity contribution in [3.05, 3.63) is 12.4 Å². The first-order chi connectivity index (χ1) is 22.3. The molecule has 1 heterocycles. The maximum atomic E-state index is 2.73. The molecule has 0 saturated heterocycles. The van der Waals surface area contributed by atoms with Gasteiger partial charge in [0.15, 0.2) is 0 Å². The molecule has 0 fully saturated rings. The van der Waals surface area contributed by atoms with Crippen molar-refractivity contribution in [1.82, 2.24) is 9.80 Å². The molecular formula is C43H86N2. The minimum atomic E-state index is 0.638. The van der Waals surface area contributed by atoms with Gasteiger partial charge in [0, 0.05) is 25.5 Å². The Labute approximate surface area is 286 Å². The largest absolute Gasteiger partial charge is 0.356 e. The molecule has 2 nitrogen and oxygen atoms in total. The lowest BCUT2D eigenvalue weighted by Gasteiger charge is -2.33. The van der Waals surface area contributed by atoms with E-state index < -0.39 is 0 Å². The SMILES string of the molecule is CCCCCCCCCCCCCCN1C=CN(CCCCCCCCCCCCC)C1CCCCCCCCCCCCC. The van der Waals surface area contributed by atoms with Gasteiger partial charge in [-0.3, -0.25) is 0 Å². The molecule has 2 heteroatoms. The standard InChI is InChI=1S/C43H86N2/c1-4-7-10-13-16-19-22-25-28-31-34-37-40-45-42-41-44(39-36-33-30-27-24-21-18-15-12-9-6-3)43(45)38-35-32-29-26-23-20-17-14-11-8-5-2/h41-43H,4-40H2,1-3H3. The van der Waals surface area contributed by atoms with Crippen LogP contribution in [0.15, 0.2) is 12.4 Å². The highest BCUT2D eigenvalue weighted by Gasteiger charge is 2.24. The maximum Gasteiger partial charge on any atom is 0.101 e. The second-order valence-electron chi connectivity index (χ2n) is 15.0. The molecule has 268 valence electrons. The molecule has 0 bridgehead atoms. The van der Waals surface area contributed by atoms with Gasteiger partial charge in [-0.05, 0) is 25.7 Å². The Morgan fingerprint density at radius 1 is 0.289 bits per heavy atom. The maximum absolute atomic E-state index is 2.73. The monoisotopic (exact) mass is 631 g/mol. The third-order valence-corrected chi connectivity index (χ3v) is 10.6. The van der Waals surface area contributed by atoms with E-state index in [4.69, 9.17) is 0 Å². The Morgan fingerprint density at radius 2 is 0.511 bits per heavy atom. The molecule has 0 saturated carbocycles. The molecule has 0 radical (unpaired) electrons. The summed E-state index contributed by atoms with van der Waals surface area (Å²) in [5, 5.41) is 0. The third-order valence-electron chi connectivity index (χ3n) is 10.6. The van der Waals surface area contributed by atoms with Crippen LogP contribution in [0.5, 0.6) is 0 Å². The Morgan fingerprint density at radius 3 is 0.778 bits per heavy atom. The van der Waals surface area contributed by atoms with Gasteiger partial charge in [0.25, 0.3) is 0 Å². The van der Waals surface area contributed by atoms with E-state index in [2.05, 4.69) is 43.0 Å². The van der Waals surface area contributed by atoms with Crippen LogP contribution in [0.2, 0.25) is 0 Å². The fraction of sp³-hybridized carbons (Fsp3) is 0.953. The number of unbranched alkanes of at least 4 members (excludes halogenated alkanes) is 31. The van der Waals surface area contributed by atoms with E-state index in [-0.39, 0.29) is 0 Å². The zero-order valence-corrected chi connectivity index (χ0v) is 31.8. The zero-order chi connectivity index (χ0) is 32.3. The molecule has 1 atom stereocenters. The minimum absolute atomic E-state index is 0.638. The predicted octanol–water partition coefficient (Wildman–Crippen LogP) is 15.1. The number of hydrogen-bond acceptors (Lipinski definition) is 2. The van der Waals surface area contributed by atoms with Gasteiger partial charge in [0.2, 0.25) is 0 Å². The lowest BCUT2D eigenvalue weighted by molar-refractivity contribution is 0.135. The highest BCUT2D eigenvalue weighted by molar-refractivity contribution is 4.97. The van der Waals surface area contributed by atoms with Crippen LogP contribution in [0.1, 0.15) is 245 Å². The minimum Gasteiger partial charge on any atom is -0.356 e. The lowest BCUT2D eigenvalue weighted by Crippen LogP contribution is -2.39. The normalized spacial score (nSPS) is 14.8. The average molecular weight is 631 g/mol. The van der Waals surface area contributed by atoms with E-state index in [0.29, 0.717) is 6.17 Å². The Hall–Kier alpha value is -0.660. The summed E-state index contributed by atoms with van der Waals surface area (Å²) in [5.74, 6) is 0. The lowest BCUT2D eigenvalue weighted by atomic mass is 10.0. The molecule has 0 spiro atoms. The third kappa shape index (κ3) is 27.0. The summed E-state index contributed by atoms with van der Waals surface area (Å²) in [6.07, 6.45) is 55.9. The van der Waals surface area contributed by atoms with E-state index in [1.807, 2.05) is 0 Å². The summed E-state index contributed by atoms with van der Waals surface area (Å²) in [7, 11) is 0. The highest BCUT2D eigenvalue weighted by atomic mass is 15.4. The molecule has 1 aliphatic rings. The fourth-order valence-electron chi connectivity index (χ4n) is 7.42. The fourth-order valence-corrected chi connectivity index (χ4v) is 7.42. The molecule has 0 aliphatic carbocycles. The van der Waals surface area contributed by atoms with Crippen molar-refractivity contribution in [3.63, 3.8) is 0 Å². The zero-order valence-electron chi connectivity index (χ0n) is 31.8. The van der Waals surface area contributed by atoms with Crippen molar-refractivity contribution in [2.45, 2.75) is 252 Å². The molecule has 0 amide bonds. The average Bonchev–Trinajstić information content (AvgIpc) is 3.43. The van der Waals surface area contributed by atoms with E-state index in [9.17, 15) is 0 Å². The topological polar surface area (TPSA) is 6.48 Å². The smallest absolute Gasteiger partial charge is 0.101 e. The first-order valence-electron chi connectivity index (χ1n) is 21.5. The van der Waals surface area contributed by atoms with E-state index in [1.54, 1.807) is 0 Å². The molecule has 0 aromatic heterocycles. The number of hydrogen-bond donors (Lipinski definition) is 0.